The molecule has 0 fully saturated rings. The molecule has 0 aliphatic carbocycles. The highest BCUT2D eigenvalue weighted by atomic mass is 32.2. The molecule has 0 saturated heterocycles. The van der Waals surface area contributed by atoms with Gasteiger partial charge in [-0.15, -0.1) is 0 Å². The van der Waals surface area contributed by atoms with Gasteiger partial charge in [-0.2, -0.15) is 4.39 Å². The predicted octanol–water partition coefficient (Wildman–Crippen LogP) is 3.61. The van der Waals surface area contributed by atoms with Crippen LogP contribution in [0.5, 0.6) is 0 Å². The molecule has 0 aliphatic rings. The Labute approximate surface area is 70.1 Å². The normalized spacial score (nSPS) is 11.6. The second-order valence-electron chi connectivity index (χ2n) is 2.01. The summed E-state index contributed by atoms with van der Waals surface area (Å²) in [6, 6.07) is 9.47. The van der Waals surface area contributed by atoms with E-state index in [-0.39, 0.29) is 5.16 Å². The van der Waals surface area contributed by atoms with E-state index < -0.39 is 0 Å². The molecule has 1 aromatic carbocycles. The van der Waals surface area contributed by atoms with E-state index in [4.69, 9.17) is 0 Å². The van der Waals surface area contributed by atoms with E-state index in [1.165, 1.54) is 6.08 Å². The van der Waals surface area contributed by atoms with Crippen LogP contribution in [0.3, 0.4) is 0 Å². The van der Waals surface area contributed by atoms with Crippen molar-refractivity contribution in [2.24, 2.45) is 0 Å². The van der Waals surface area contributed by atoms with Crippen LogP contribution in [0.15, 0.2) is 46.5 Å². The zero-order valence-corrected chi connectivity index (χ0v) is 7.07. The van der Waals surface area contributed by atoms with E-state index in [9.17, 15) is 4.39 Å². The van der Waals surface area contributed by atoms with Gasteiger partial charge in [0.1, 0.15) is 0 Å². The van der Waals surface area contributed by atoms with Gasteiger partial charge < -0.3 is 0 Å². The highest BCUT2D eigenvalue weighted by Gasteiger charge is 1.94. The lowest BCUT2D eigenvalue weighted by atomic mass is 10.4. The molecule has 1 rings (SSSR count). The third kappa shape index (κ3) is 2.76. The van der Waals surface area contributed by atoms with Crippen molar-refractivity contribution in [2.45, 2.75) is 11.8 Å². The molecule has 0 radical (unpaired) electrons. The van der Waals surface area contributed by atoms with Gasteiger partial charge in [-0.3, -0.25) is 0 Å². The Morgan fingerprint density at radius 3 is 2.55 bits per heavy atom. The molecular weight excluding hydrogens is 159 g/mol. The Balaban J connectivity index is 2.65. The van der Waals surface area contributed by atoms with Crippen molar-refractivity contribution >= 4 is 11.8 Å². The molecule has 58 valence electrons. The second-order valence-corrected chi connectivity index (χ2v) is 3.07. The van der Waals surface area contributed by atoms with Crippen molar-refractivity contribution < 1.29 is 4.39 Å². The smallest absolute Gasteiger partial charge is 0.157 e. The Morgan fingerprint density at radius 2 is 2.00 bits per heavy atom. The molecule has 2 heteroatoms. The predicted molar refractivity (Wildman–Crippen MR) is 47.2 cm³/mol. The van der Waals surface area contributed by atoms with E-state index in [1.807, 2.05) is 30.3 Å². The van der Waals surface area contributed by atoms with E-state index in [1.54, 1.807) is 6.92 Å². The van der Waals surface area contributed by atoms with E-state index >= 15 is 0 Å². The van der Waals surface area contributed by atoms with Crippen LogP contribution in [-0.2, 0) is 0 Å². The summed E-state index contributed by atoms with van der Waals surface area (Å²) in [6.07, 6.45) is 1.46. The maximum absolute atomic E-state index is 12.6. The number of hydrogen-bond acceptors (Lipinski definition) is 1. The minimum Gasteiger partial charge on any atom is -0.199 e. The summed E-state index contributed by atoms with van der Waals surface area (Å²) in [5.41, 5.74) is 0. The summed E-state index contributed by atoms with van der Waals surface area (Å²) in [6.45, 7) is 1.69. The Bertz CT molecular complexity index is 241. The zero-order chi connectivity index (χ0) is 8.10. The molecule has 0 spiro atoms. The molecule has 0 N–H and O–H groups in total. The molecule has 11 heavy (non-hydrogen) atoms. The van der Waals surface area contributed by atoms with Crippen LogP contribution in [0.1, 0.15) is 6.92 Å². The van der Waals surface area contributed by atoms with Crippen molar-refractivity contribution in [1.82, 2.24) is 0 Å². The topological polar surface area (TPSA) is 0 Å². The number of rotatable bonds is 2. The third-order valence-electron chi connectivity index (χ3n) is 1.19. The molecule has 0 aliphatic heterocycles. The maximum Gasteiger partial charge on any atom is 0.157 e. The quantitative estimate of drug-likeness (QED) is 0.608. The Hall–Kier alpha value is -0.760. The average molecular weight is 168 g/mol. The molecule has 0 bridgehead atoms. The minimum atomic E-state index is -0.156. The molecule has 0 atom stereocenters. The summed E-state index contributed by atoms with van der Waals surface area (Å²) in [4.78, 5) is 0.933. The fourth-order valence-corrected chi connectivity index (χ4v) is 1.30. The summed E-state index contributed by atoms with van der Waals surface area (Å²) in [5.74, 6) is 0. The number of allylic oxidation sites excluding steroid dienone is 1. The molecule has 0 saturated carbocycles. The van der Waals surface area contributed by atoms with Gasteiger partial charge in [-0.25, -0.2) is 0 Å². The SMILES string of the molecule is C/C=C(\F)Sc1ccccc1. The van der Waals surface area contributed by atoms with Crippen molar-refractivity contribution in [3.63, 3.8) is 0 Å². The van der Waals surface area contributed by atoms with Crippen molar-refractivity contribution in [3.05, 3.63) is 41.6 Å². The summed E-state index contributed by atoms with van der Waals surface area (Å²) >= 11 is 1.14. The molecule has 0 amide bonds. The highest BCUT2D eigenvalue weighted by molar-refractivity contribution is 8.02. The highest BCUT2D eigenvalue weighted by Crippen LogP contribution is 2.26. The number of halogens is 1. The molecule has 0 heterocycles. The monoisotopic (exact) mass is 168 g/mol. The van der Waals surface area contributed by atoms with Crippen LogP contribution >= 0.6 is 11.8 Å². The average Bonchev–Trinajstić information content (AvgIpc) is 2.06. The standard InChI is InChI=1S/C9H9FS/c1-2-9(10)11-8-6-4-3-5-7-8/h2-7H,1H3/b9-2+. The van der Waals surface area contributed by atoms with Crippen LogP contribution in [0.2, 0.25) is 0 Å². The molecule has 0 unspecified atom stereocenters. The lowest BCUT2D eigenvalue weighted by molar-refractivity contribution is 0.697. The molecular formula is C9H9FS. The Kier molecular flexibility index (Phi) is 3.17. The van der Waals surface area contributed by atoms with Gasteiger partial charge >= 0.3 is 0 Å². The minimum absolute atomic E-state index is 0.156. The number of thioether (sulfide) groups is 1. The first-order chi connectivity index (χ1) is 5.33. The molecule has 0 aromatic heterocycles. The first-order valence-corrected chi connectivity index (χ1v) is 4.19. The van der Waals surface area contributed by atoms with Crippen molar-refractivity contribution in [2.75, 3.05) is 0 Å². The second kappa shape index (κ2) is 4.19. The van der Waals surface area contributed by atoms with Gasteiger partial charge in [0, 0.05) is 4.90 Å². The van der Waals surface area contributed by atoms with Gasteiger partial charge in [0.2, 0.25) is 0 Å². The number of hydrogen-bond donors (Lipinski definition) is 0. The van der Waals surface area contributed by atoms with Crippen molar-refractivity contribution in [3.8, 4) is 0 Å². The maximum atomic E-state index is 12.6. The first-order valence-electron chi connectivity index (χ1n) is 3.37. The van der Waals surface area contributed by atoms with E-state index in [2.05, 4.69) is 0 Å². The summed E-state index contributed by atoms with van der Waals surface area (Å²) < 4.78 is 12.6. The van der Waals surface area contributed by atoms with Crippen LogP contribution in [0.4, 0.5) is 4.39 Å². The largest absolute Gasteiger partial charge is 0.199 e. The lowest BCUT2D eigenvalue weighted by Crippen LogP contribution is -1.67. The third-order valence-corrected chi connectivity index (χ3v) is 2.12. The first kappa shape index (κ1) is 8.34. The summed E-state index contributed by atoms with van der Waals surface area (Å²) in [7, 11) is 0. The van der Waals surface area contributed by atoms with Crippen LogP contribution in [0, 0.1) is 0 Å². The fourth-order valence-electron chi connectivity index (χ4n) is 0.660. The molecule has 0 nitrogen and oxygen atoms in total. The van der Waals surface area contributed by atoms with E-state index in [0.29, 0.717) is 0 Å². The van der Waals surface area contributed by atoms with Crippen LogP contribution in [-0.4, -0.2) is 0 Å². The lowest BCUT2D eigenvalue weighted by Gasteiger charge is -1.95. The van der Waals surface area contributed by atoms with Gasteiger partial charge in [0.15, 0.2) is 5.16 Å². The zero-order valence-electron chi connectivity index (χ0n) is 6.25. The fraction of sp³-hybridized carbons (Fsp3) is 0.111. The van der Waals surface area contributed by atoms with Crippen LogP contribution < -0.4 is 0 Å². The Morgan fingerprint density at radius 1 is 1.36 bits per heavy atom. The number of benzene rings is 1. The van der Waals surface area contributed by atoms with Crippen LogP contribution in [0.25, 0.3) is 0 Å². The van der Waals surface area contributed by atoms with E-state index in [0.717, 1.165) is 16.7 Å². The van der Waals surface area contributed by atoms with Crippen molar-refractivity contribution in [1.29, 1.82) is 0 Å². The van der Waals surface area contributed by atoms with Gasteiger partial charge in [0.25, 0.3) is 0 Å². The van der Waals surface area contributed by atoms with Gasteiger partial charge in [-0.05, 0) is 25.1 Å². The van der Waals surface area contributed by atoms with Gasteiger partial charge in [-0.1, -0.05) is 30.0 Å². The summed E-state index contributed by atoms with van der Waals surface area (Å²) in [5, 5.41) is -0.156. The molecule has 1 aromatic rings. The van der Waals surface area contributed by atoms with Gasteiger partial charge in [0.05, 0.1) is 0 Å².